The van der Waals surface area contributed by atoms with Crippen LogP contribution >= 0.6 is 23.1 Å². The molecule has 0 aliphatic rings. The maximum Gasteiger partial charge on any atom is 0.0646 e. The molecule has 1 nitrogen and oxygen atoms in total. The van der Waals surface area contributed by atoms with Crippen LogP contribution in [0.1, 0.15) is 11.1 Å². The highest BCUT2D eigenvalue weighted by Crippen LogP contribution is 2.33. The molecule has 16 heavy (non-hydrogen) atoms. The second kappa shape index (κ2) is 5.53. The van der Waals surface area contributed by atoms with Gasteiger partial charge < -0.3 is 5.32 Å². The monoisotopic (exact) mass is 249 g/mol. The topological polar surface area (TPSA) is 12.0 Å². The van der Waals surface area contributed by atoms with Crippen molar-refractivity contribution < 1.29 is 0 Å². The van der Waals surface area contributed by atoms with Gasteiger partial charge in [0.05, 0.1) is 4.21 Å². The van der Waals surface area contributed by atoms with Gasteiger partial charge in [-0.1, -0.05) is 35.5 Å². The summed E-state index contributed by atoms with van der Waals surface area (Å²) >= 11 is 3.64. The first-order valence-corrected chi connectivity index (χ1v) is 6.94. The Kier molecular flexibility index (Phi) is 4.04. The SMILES string of the molecule is CNCc1cc(C)ccc1Sc1cccs1. The van der Waals surface area contributed by atoms with Gasteiger partial charge in [-0.25, -0.2) is 0 Å². The van der Waals surface area contributed by atoms with Gasteiger partial charge in [0.2, 0.25) is 0 Å². The Hall–Kier alpha value is -0.770. The minimum atomic E-state index is 0.926. The van der Waals surface area contributed by atoms with Crippen LogP contribution in [0.5, 0.6) is 0 Å². The van der Waals surface area contributed by atoms with Gasteiger partial charge in [-0.2, -0.15) is 0 Å². The van der Waals surface area contributed by atoms with E-state index in [1.807, 2.05) is 18.8 Å². The maximum absolute atomic E-state index is 3.22. The van der Waals surface area contributed by atoms with Crippen molar-refractivity contribution in [2.45, 2.75) is 22.6 Å². The quantitative estimate of drug-likeness (QED) is 0.881. The fourth-order valence-electron chi connectivity index (χ4n) is 1.57. The van der Waals surface area contributed by atoms with E-state index in [1.165, 1.54) is 20.2 Å². The highest BCUT2D eigenvalue weighted by molar-refractivity contribution is 8.01. The van der Waals surface area contributed by atoms with Crippen LogP contribution in [0.15, 0.2) is 44.8 Å². The van der Waals surface area contributed by atoms with E-state index in [0.29, 0.717) is 0 Å². The van der Waals surface area contributed by atoms with E-state index in [-0.39, 0.29) is 0 Å². The zero-order chi connectivity index (χ0) is 11.4. The van der Waals surface area contributed by atoms with Crippen molar-refractivity contribution in [2.75, 3.05) is 7.05 Å². The third kappa shape index (κ3) is 2.88. The van der Waals surface area contributed by atoms with Crippen LogP contribution in [-0.4, -0.2) is 7.05 Å². The van der Waals surface area contributed by atoms with Crippen LogP contribution in [0, 0.1) is 6.92 Å². The van der Waals surface area contributed by atoms with Crippen LogP contribution in [-0.2, 0) is 6.54 Å². The molecule has 0 fully saturated rings. The number of nitrogens with one attached hydrogen (secondary N) is 1. The lowest BCUT2D eigenvalue weighted by Crippen LogP contribution is -2.06. The molecule has 0 radical (unpaired) electrons. The van der Waals surface area contributed by atoms with Crippen molar-refractivity contribution in [1.29, 1.82) is 0 Å². The van der Waals surface area contributed by atoms with Crippen LogP contribution in [0.2, 0.25) is 0 Å². The normalized spacial score (nSPS) is 10.6. The summed E-state index contributed by atoms with van der Waals surface area (Å²) in [6, 6.07) is 10.9. The summed E-state index contributed by atoms with van der Waals surface area (Å²) in [6.07, 6.45) is 0. The molecule has 0 saturated carbocycles. The molecular formula is C13H15NS2. The fraction of sp³-hybridized carbons (Fsp3) is 0.231. The van der Waals surface area contributed by atoms with E-state index in [2.05, 4.69) is 48.0 Å². The molecule has 0 atom stereocenters. The Morgan fingerprint density at radius 3 is 2.88 bits per heavy atom. The van der Waals surface area contributed by atoms with E-state index in [0.717, 1.165) is 6.54 Å². The first kappa shape index (κ1) is 11.7. The third-order valence-corrected chi connectivity index (χ3v) is 4.44. The molecule has 2 rings (SSSR count). The van der Waals surface area contributed by atoms with Gasteiger partial charge in [0.1, 0.15) is 0 Å². The first-order valence-electron chi connectivity index (χ1n) is 5.25. The Bertz CT molecular complexity index is 449. The lowest BCUT2D eigenvalue weighted by atomic mass is 10.1. The van der Waals surface area contributed by atoms with Gasteiger partial charge in [0.15, 0.2) is 0 Å². The van der Waals surface area contributed by atoms with E-state index in [9.17, 15) is 0 Å². The van der Waals surface area contributed by atoms with Crippen molar-refractivity contribution in [2.24, 2.45) is 0 Å². The second-order valence-corrected chi connectivity index (χ2v) is 5.97. The minimum absolute atomic E-state index is 0.926. The van der Waals surface area contributed by atoms with Crippen molar-refractivity contribution in [3.63, 3.8) is 0 Å². The van der Waals surface area contributed by atoms with Gasteiger partial charge in [0.25, 0.3) is 0 Å². The number of hydrogen-bond acceptors (Lipinski definition) is 3. The predicted molar refractivity (Wildman–Crippen MR) is 72.4 cm³/mol. The Morgan fingerprint density at radius 1 is 1.31 bits per heavy atom. The largest absolute Gasteiger partial charge is 0.316 e. The van der Waals surface area contributed by atoms with Crippen LogP contribution in [0.25, 0.3) is 0 Å². The number of benzene rings is 1. The lowest BCUT2D eigenvalue weighted by Gasteiger charge is -2.08. The molecule has 0 amide bonds. The van der Waals surface area contributed by atoms with Gasteiger partial charge in [-0.3, -0.25) is 0 Å². The van der Waals surface area contributed by atoms with Crippen molar-refractivity contribution in [1.82, 2.24) is 5.32 Å². The first-order chi connectivity index (χ1) is 7.79. The molecular weight excluding hydrogens is 234 g/mol. The summed E-state index contributed by atoms with van der Waals surface area (Å²) in [5, 5.41) is 5.34. The van der Waals surface area contributed by atoms with Gasteiger partial charge in [-0.05, 0) is 37.0 Å². The molecule has 84 valence electrons. The van der Waals surface area contributed by atoms with Crippen molar-refractivity contribution >= 4 is 23.1 Å². The van der Waals surface area contributed by atoms with Gasteiger partial charge >= 0.3 is 0 Å². The molecule has 0 spiro atoms. The molecule has 1 aromatic carbocycles. The Morgan fingerprint density at radius 2 is 2.19 bits per heavy atom. The smallest absolute Gasteiger partial charge is 0.0646 e. The van der Waals surface area contributed by atoms with Crippen LogP contribution in [0.3, 0.4) is 0 Å². The van der Waals surface area contributed by atoms with Crippen molar-refractivity contribution in [3.05, 3.63) is 46.8 Å². The number of rotatable bonds is 4. The van der Waals surface area contributed by atoms with E-state index < -0.39 is 0 Å². The van der Waals surface area contributed by atoms with Crippen LogP contribution in [0.4, 0.5) is 0 Å². The van der Waals surface area contributed by atoms with Gasteiger partial charge in [0, 0.05) is 11.4 Å². The number of thiophene rings is 1. The van der Waals surface area contributed by atoms with Crippen LogP contribution < -0.4 is 5.32 Å². The molecule has 0 aliphatic carbocycles. The van der Waals surface area contributed by atoms with Gasteiger partial charge in [-0.15, -0.1) is 11.3 Å². The molecule has 0 bridgehead atoms. The Balaban J connectivity index is 2.25. The summed E-state index contributed by atoms with van der Waals surface area (Å²) in [7, 11) is 1.99. The summed E-state index contributed by atoms with van der Waals surface area (Å²) in [4.78, 5) is 1.35. The predicted octanol–water partition coefficient (Wildman–Crippen LogP) is 3.93. The number of aryl methyl sites for hydroxylation is 1. The molecule has 1 aromatic heterocycles. The summed E-state index contributed by atoms with van der Waals surface area (Å²) in [5.41, 5.74) is 2.70. The average Bonchev–Trinajstić information content (AvgIpc) is 2.75. The summed E-state index contributed by atoms with van der Waals surface area (Å²) in [5.74, 6) is 0. The molecule has 3 heteroatoms. The zero-order valence-electron chi connectivity index (χ0n) is 9.49. The summed E-state index contributed by atoms with van der Waals surface area (Å²) < 4.78 is 1.35. The average molecular weight is 249 g/mol. The molecule has 0 aliphatic heterocycles. The van der Waals surface area contributed by atoms with Crippen molar-refractivity contribution in [3.8, 4) is 0 Å². The molecule has 1 heterocycles. The molecule has 1 N–H and O–H groups in total. The standard InChI is InChI=1S/C13H15NS2/c1-10-5-6-12(11(8-10)9-14-2)16-13-4-3-7-15-13/h3-8,14H,9H2,1-2H3. The second-order valence-electron chi connectivity index (χ2n) is 3.68. The summed E-state index contributed by atoms with van der Waals surface area (Å²) in [6.45, 7) is 3.06. The minimum Gasteiger partial charge on any atom is -0.316 e. The fourth-order valence-corrected chi connectivity index (χ4v) is 3.40. The highest BCUT2D eigenvalue weighted by Gasteiger charge is 2.04. The maximum atomic E-state index is 3.22. The Labute approximate surface area is 105 Å². The highest BCUT2D eigenvalue weighted by atomic mass is 32.2. The van der Waals surface area contributed by atoms with E-state index in [4.69, 9.17) is 0 Å². The van der Waals surface area contributed by atoms with E-state index >= 15 is 0 Å². The zero-order valence-corrected chi connectivity index (χ0v) is 11.1. The third-order valence-electron chi connectivity index (χ3n) is 2.29. The molecule has 2 aromatic rings. The molecule has 0 saturated heterocycles. The number of hydrogen-bond donors (Lipinski definition) is 1. The molecule has 0 unspecified atom stereocenters. The van der Waals surface area contributed by atoms with E-state index in [1.54, 1.807) is 11.3 Å². The lowest BCUT2D eigenvalue weighted by molar-refractivity contribution is 0.802.